The quantitative estimate of drug-likeness (QED) is 0.0870. The lowest BCUT2D eigenvalue weighted by molar-refractivity contribution is 0.0728. The molecule has 3 rings (SSSR count). The Hall–Kier alpha value is -3.28. The van der Waals surface area contributed by atoms with Crippen LogP contribution in [0, 0.1) is 17.5 Å². The van der Waals surface area contributed by atoms with Crippen LogP contribution in [0.3, 0.4) is 0 Å². The monoisotopic (exact) mass is 568 g/mol. The maximum Gasteiger partial charge on any atom is 0.343 e. The van der Waals surface area contributed by atoms with Crippen LogP contribution in [-0.4, -0.2) is 12.6 Å². The van der Waals surface area contributed by atoms with E-state index in [9.17, 15) is 18.0 Å². The summed E-state index contributed by atoms with van der Waals surface area (Å²) in [5.41, 5.74) is 1.49. The van der Waals surface area contributed by atoms with Gasteiger partial charge in [0.1, 0.15) is 0 Å². The number of aryl methyl sites for hydroxylation is 1. The molecule has 41 heavy (non-hydrogen) atoms. The first-order chi connectivity index (χ1) is 19.9. The van der Waals surface area contributed by atoms with Gasteiger partial charge in [-0.05, 0) is 66.8 Å². The molecule has 3 aromatic carbocycles. The van der Waals surface area contributed by atoms with Crippen molar-refractivity contribution in [2.75, 3.05) is 6.61 Å². The molecule has 0 unspecified atom stereocenters. The molecule has 0 fully saturated rings. The lowest BCUT2D eigenvalue weighted by Gasteiger charge is -2.11. The Kier molecular flexibility index (Phi) is 13.8. The van der Waals surface area contributed by atoms with Crippen LogP contribution in [0.4, 0.5) is 13.2 Å². The number of ether oxygens (including phenoxy) is 2. The van der Waals surface area contributed by atoms with Gasteiger partial charge in [-0.15, -0.1) is 0 Å². The normalized spacial score (nSPS) is 11.0. The van der Waals surface area contributed by atoms with Gasteiger partial charge in [0.05, 0.1) is 12.2 Å². The molecule has 0 heterocycles. The molecule has 0 bridgehead atoms. The van der Waals surface area contributed by atoms with Crippen molar-refractivity contribution in [1.29, 1.82) is 0 Å². The van der Waals surface area contributed by atoms with Gasteiger partial charge in [0, 0.05) is 5.56 Å². The van der Waals surface area contributed by atoms with Crippen molar-refractivity contribution in [3.8, 4) is 22.6 Å². The van der Waals surface area contributed by atoms with Gasteiger partial charge in [-0.2, -0.15) is 4.39 Å². The van der Waals surface area contributed by atoms with Gasteiger partial charge in [-0.3, -0.25) is 0 Å². The van der Waals surface area contributed by atoms with Crippen LogP contribution >= 0.6 is 0 Å². The molecule has 0 radical (unpaired) electrons. The molecule has 0 saturated carbocycles. The highest BCUT2D eigenvalue weighted by atomic mass is 19.2. The van der Waals surface area contributed by atoms with Crippen molar-refractivity contribution in [3.63, 3.8) is 0 Å². The van der Waals surface area contributed by atoms with Crippen LogP contribution in [0.15, 0.2) is 54.6 Å². The second-order valence-electron chi connectivity index (χ2n) is 10.6. The van der Waals surface area contributed by atoms with Crippen LogP contribution in [-0.2, 0) is 6.42 Å². The fourth-order valence-corrected chi connectivity index (χ4v) is 4.77. The third-order valence-corrected chi connectivity index (χ3v) is 7.25. The molecule has 6 heteroatoms. The van der Waals surface area contributed by atoms with Crippen LogP contribution in [0.2, 0.25) is 0 Å². The van der Waals surface area contributed by atoms with E-state index in [0.29, 0.717) is 12.2 Å². The Balaban J connectivity index is 1.53. The van der Waals surface area contributed by atoms with Gasteiger partial charge in [0.15, 0.2) is 23.1 Å². The predicted molar refractivity (Wildman–Crippen MR) is 159 cm³/mol. The van der Waals surface area contributed by atoms with Crippen LogP contribution < -0.4 is 9.47 Å². The van der Waals surface area contributed by atoms with Crippen LogP contribution in [0.1, 0.15) is 107 Å². The average molecular weight is 569 g/mol. The molecule has 0 aliphatic rings. The van der Waals surface area contributed by atoms with E-state index in [0.717, 1.165) is 44.1 Å². The Morgan fingerprint density at radius 2 is 1.27 bits per heavy atom. The second-order valence-corrected chi connectivity index (χ2v) is 10.6. The smallest absolute Gasteiger partial charge is 0.343 e. The van der Waals surface area contributed by atoms with E-state index in [1.165, 1.54) is 93.5 Å². The third kappa shape index (κ3) is 10.2. The summed E-state index contributed by atoms with van der Waals surface area (Å²) in [6.07, 6.45) is 14.2. The van der Waals surface area contributed by atoms with Gasteiger partial charge < -0.3 is 9.47 Å². The number of rotatable bonds is 18. The highest BCUT2D eigenvalue weighted by Gasteiger charge is 2.17. The zero-order valence-corrected chi connectivity index (χ0v) is 24.5. The number of hydrogen-bond donors (Lipinski definition) is 0. The number of carbonyl (C=O) groups excluding carboxylic acids is 1. The lowest BCUT2D eigenvalue weighted by atomic mass is 10.0. The van der Waals surface area contributed by atoms with E-state index >= 15 is 0 Å². The summed E-state index contributed by atoms with van der Waals surface area (Å²) in [7, 11) is 0. The van der Waals surface area contributed by atoms with Crippen molar-refractivity contribution in [2.45, 2.75) is 97.3 Å². The summed E-state index contributed by atoms with van der Waals surface area (Å²) in [5.74, 6) is -3.62. The first kappa shape index (κ1) is 32.2. The zero-order chi connectivity index (χ0) is 29.5. The molecule has 0 saturated heterocycles. The highest BCUT2D eigenvalue weighted by Crippen LogP contribution is 2.30. The molecule has 0 aliphatic carbocycles. The summed E-state index contributed by atoms with van der Waals surface area (Å²) in [4.78, 5) is 12.6. The SMILES string of the molecule is CCCCCCCCOc1ccc(-c2ccc(C(=O)Oc3ccc(CCCCCCCC)cc3F)cc2)c(F)c1F. The van der Waals surface area contributed by atoms with Crippen LogP contribution in [0.25, 0.3) is 11.1 Å². The largest absolute Gasteiger partial charge is 0.490 e. The molecule has 0 amide bonds. The standard InChI is InChI=1S/C35H43F3O3/c1-3-5-7-9-11-13-15-26-16-22-31(30(36)25-26)41-35(39)28-19-17-27(18-20-28)29-21-23-32(34(38)33(29)37)40-24-14-12-10-8-6-4-2/h16-23,25H,3-15,24H2,1-2H3. The van der Waals surface area contributed by atoms with E-state index in [2.05, 4.69) is 13.8 Å². The molecule has 222 valence electrons. The van der Waals surface area contributed by atoms with Crippen molar-refractivity contribution >= 4 is 5.97 Å². The minimum Gasteiger partial charge on any atom is -0.490 e. The minimum atomic E-state index is -1.03. The fraction of sp³-hybridized carbons (Fsp3) is 0.457. The minimum absolute atomic E-state index is 0.0568. The number of hydrogen-bond acceptors (Lipinski definition) is 3. The van der Waals surface area contributed by atoms with Gasteiger partial charge >= 0.3 is 5.97 Å². The Labute approximate surface area is 243 Å². The van der Waals surface area contributed by atoms with Crippen molar-refractivity contribution in [3.05, 3.63) is 83.2 Å². The van der Waals surface area contributed by atoms with E-state index in [-0.39, 0.29) is 22.6 Å². The number of carbonyl (C=O) groups is 1. The molecular formula is C35H43F3O3. The zero-order valence-electron chi connectivity index (χ0n) is 24.5. The van der Waals surface area contributed by atoms with E-state index < -0.39 is 23.4 Å². The first-order valence-electron chi connectivity index (χ1n) is 15.2. The molecule has 0 spiro atoms. The number of esters is 1. The maximum absolute atomic E-state index is 14.8. The fourth-order valence-electron chi connectivity index (χ4n) is 4.77. The van der Waals surface area contributed by atoms with E-state index in [1.807, 2.05) is 0 Å². The Morgan fingerprint density at radius 3 is 1.93 bits per heavy atom. The summed E-state index contributed by atoms with van der Waals surface area (Å²) >= 11 is 0. The van der Waals surface area contributed by atoms with Crippen LogP contribution in [0.5, 0.6) is 11.5 Å². The number of unbranched alkanes of at least 4 members (excludes halogenated alkanes) is 10. The predicted octanol–water partition coefficient (Wildman–Crippen LogP) is 10.6. The second kappa shape index (κ2) is 17.5. The number of halogens is 3. The molecule has 0 N–H and O–H groups in total. The van der Waals surface area contributed by atoms with Gasteiger partial charge in [0.25, 0.3) is 0 Å². The molecule has 3 nitrogen and oxygen atoms in total. The molecule has 0 atom stereocenters. The Bertz CT molecular complexity index is 1220. The summed E-state index contributed by atoms with van der Waals surface area (Å²) in [6.45, 7) is 4.68. The van der Waals surface area contributed by atoms with Gasteiger partial charge in [-0.25, -0.2) is 13.6 Å². The average Bonchev–Trinajstić information content (AvgIpc) is 2.98. The molecule has 0 aliphatic heterocycles. The molecular weight excluding hydrogens is 525 g/mol. The first-order valence-corrected chi connectivity index (χ1v) is 15.2. The molecule has 0 aromatic heterocycles. The van der Waals surface area contributed by atoms with Crippen molar-refractivity contribution in [1.82, 2.24) is 0 Å². The summed E-state index contributed by atoms with van der Waals surface area (Å²) in [5, 5.41) is 0. The topological polar surface area (TPSA) is 35.5 Å². The van der Waals surface area contributed by atoms with Crippen molar-refractivity contribution < 1.29 is 27.4 Å². The maximum atomic E-state index is 14.8. The lowest BCUT2D eigenvalue weighted by Crippen LogP contribution is -2.09. The van der Waals surface area contributed by atoms with Gasteiger partial charge in [-0.1, -0.05) is 96.3 Å². The highest BCUT2D eigenvalue weighted by molar-refractivity contribution is 5.91. The third-order valence-electron chi connectivity index (χ3n) is 7.25. The summed E-state index contributed by atoms with van der Waals surface area (Å²) in [6, 6.07) is 13.5. The van der Waals surface area contributed by atoms with E-state index in [4.69, 9.17) is 9.47 Å². The van der Waals surface area contributed by atoms with E-state index in [1.54, 1.807) is 6.07 Å². The Morgan fingerprint density at radius 1 is 0.659 bits per heavy atom. The van der Waals surface area contributed by atoms with Gasteiger partial charge in [0.2, 0.25) is 5.82 Å². The molecule has 3 aromatic rings. The number of benzene rings is 3. The van der Waals surface area contributed by atoms with Crippen molar-refractivity contribution in [2.24, 2.45) is 0 Å². The summed E-state index contributed by atoms with van der Waals surface area (Å²) < 4.78 is 54.8.